The summed E-state index contributed by atoms with van der Waals surface area (Å²) in [5.74, 6) is 0.483. The highest BCUT2D eigenvalue weighted by Gasteiger charge is 2.34. The summed E-state index contributed by atoms with van der Waals surface area (Å²) in [6, 6.07) is -0.325. The Morgan fingerprint density at radius 3 is 3.00 bits per heavy atom. The molecule has 0 aliphatic heterocycles. The van der Waals surface area contributed by atoms with Crippen LogP contribution in [0.3, 0.4) is 0 Å². The van der Waals surface area contributed by atoms with Crippen LogP contribution in [-0.2, 0) is 0 Å². The molecule has 3 atom stereocenters. The van der Waals surface area contributed by atoms with E-state index >= 15 is 0 Å². The molecular weight excluding hydrogens is 211 g/mol. The first kappa shape index (κ1) is 11.1. The topological polar surface area (TPSA) is 84.1 Å². The first-order chi connectivity index (χ1) is 7.70. The minimum atomic E-state index is -0.966. The van der Waals surface area contributed by atoms with Gasteiger partial charge in [0.25, 0.3) is 0 Å². The Hall–Kier alpha value is -1.43. The summed E-state index contributed by atoms with van der Waals surface area (Å²) in [5, 5.41) is 11.9. The van der Waals surface area contributed by atoms with E-state index in [0.717, 1.165) is 0 Å². The SMILES string of the molecule is Nc1cncnc1N[C@@H]1C[C@H](CO)C[C@H]1F. The number of hydrogen-bond acceptors (Lipinski definition) is 5. The summed E-state index contributed by atoms with van der Waals surface area (Å²) < 4.78 is 13.6. The minimum absolute atomic E-state index is 0.0237. The summed E-state index contributed by atoms with van der Waals surface area (Å²) in [6.45, 7) is 0.0257. The Labute approximate surface area is 92.9 Å². The normalized spacial score (nSPS) is 29.2. The van der Waals surface area contributed by atoms with Crippen LogP contribution in [-0.4, -0.2) is 33.9 Å². The fourth-order valence-corrected chi connectivity index (χ4v) is 2.02. The molecule has 0 spiro atoms. The van der Waals surface area contributed by atoms with Gasteiger partial charge in [-0.25, -0.2) is 14.4 Å². The van der Waals surface area contributed by atoms with E-state index in [4.69, 9.17) is 10.8 Å². The second-order valence-electron chi connectivity index (χ2n) is 4.11. The smallest absolute Gasteiger partial charge is 0.152 e. The maximum absolute atomic E-state index is 13.6. The molecule has 1 heterocycles. The average Bonchev–Trinajstić information content (AvgIpc) is 2.63. The van der Waals surface area contributed by atoms with Crippen molar-refractivity contribution in [1.82, 2.24) is 9.97 Å². The van der Waals surface area contributed by atoms with Crippen molar-refractivity contribution in [1.29, 1.82) is 0 Å². The minimum Gasteiger partial charge on any atom is -0.396 e. The number of nitrogens with two attached hydrogens (primary N) is 1. The van der Waals surface area contributed by atoms with Gasteiger partial charge in [0, 0.05) is 6.61 Å². The zero-order valence-electron chi connectivity index (χ0n) is 8.81. The lowest BCUT2D eigenvalue weighted by atomic mass is 10.1. The molecule has 16 heavy (non-hydrogen) atoms. The van der Waals surface area contributed by atoms with E-state index in [1.54, 1.807) is 0 Å². The number of halogens is 1. The lowest BCUT2D eigenvalue weighted by Gasteiger charge is -2.16. The second-order valence-corrected chi connectivity index (χ2v) is 4.11. The largest absolute Gasteiger partial charge is 0.396 e. The molecule has 0 radical (unpaired) electrons. The number of aliphatic hydroxyl groups is 1. The van der Waals surface area contributed by atoms with Crippen LogP contribution in [0.4, 0.5) is 15.9 Å². The monoisotopic (exact) mass is 226 g/mol. The van der Waals surface area contributed by atoms with Crippen molar-refractivity contribution in [3.05, 3.63) is 12.5 Å². The van der Waals surface area contributed by atoms with Crippen LogP contribution in [0.1, 0.15) is 12.8 Å². The third-order valence-electron chi connectivity index (χ3n) is 2.90. The number of nitrogens with zero attached hydrogens (tertiary/aromatic N) is 2. The first-order valence-electron chi connectivity index (χ1n) is 5.27. The Bertz CT molecular complexity index is 362. The Morgan fingerprint density at radius 1 is 1.56 bits per heavy atom. The van der Waals surface area contributed by atoms with Crippen LogP contribution in [0.15, 0.2) is 12.5 Å². The molecule has 1 aromatic heterocycles. The lowest BCUT2D eigenvalue weighted by molar-refractivity contribution is 0.219. The standard InChI is InChI=1S/C10H15FN4O/c11-7-1-6(4-16)2-9(7)15-10-8(12)3-13-5-14-10/h3,5-7,9,16H,1-2,4,12H2,(H,13,14,15)/t6-,7-,9-/m1/s1. The molecule has 0 aromatic carbocycles. The summed E-state index contributed by atoms with van der Waals surface area (Å²) in [5.41, 5.74) is 6.06. The zero-order valence-corrected chi connectivity index (χ0v) is 8.81. The molecule has 4 N–H and O–H groups in total. The molecule has 0 bridgehead atoms. The fourth-order valence-electron chi connectivity index (χ4n) is 2.02. The molecule has 0 unspecified atom stereocenters. The predicted octanol–water partition coefficient (Wildman–Crippen LogP) is 0.580. The van der Waals surface area contributed by atoms with Gasteiger partial charge in [0.2, 0.25) is 0 Å². The van der Waals surface area contributed by atoms with E-state index in [9.17, 15) is 4.39 Å². The van der Waals surface area contributed by atoms with Gasteiger partial charge in [-0.2, -0.15) is 0 Å². The molecule has 5 nitrogen and oxygen atoms in total. The molecule has 0 amide bonds. The highest BCUT2D eigenvalue weighted by molar-refractivity contribution is 5.59. The molecule has 0 saturated heterocycles. The lowest BCUT2D eigenvalue weighted by Crippen LogP contribution is -2.26. The van der Waals surface area contributed by atoms with E-state index in [2.05, 4.69) is 15.3 Å². The van der Waals surface area contributed by atoms with Gasteiger partial charge in [-0.15, -0.1) is 0 Å². The number of nitrogens with one attached hydrogen (secondary N) is 1. The van der Waals surface area contributed by atoms with Gasteiger partial charge in [0.1, 0.15) is 12.5 Å². The number of hydrogen-bond donors (Lipinski definition) is 3. The van der Waals surface area contributed by atoms with Crippen molar-refractivity contribution in [2.24, 2.45) is 5.92 Å². The molecule has 1 aliphatic rings. The van der Waals surface area contributed by atoms with Gasteiger partial charge in [0.05, 0.1) is 17.9 Å². The molecular formula is C10H15FN4O. The summed E-state index contributed by atoms with van der Waals surface area (Å²) in [4.78, 5) is 7.71. The Morgan fingerprint density at radius 2 is 2.38 bits per heavy atom. The van der Waals surface area contributed by atoms with Crippen LogP contribution in [0.25, 0.3) is 0 Å². The van der Waals surface area contributed by atoms with Crippen LogP contribution in [0, 0.1) is 5.92 Å². The maximum atomic E-state index is 13.6. The quantitative estimate of drug-likeness (QED) is 0.702. The van der Waals surface area contributed by atoms with Gasteiger partial charge in [0.15, 0.2) is 5.82 Å². The molecule has 1 aliphatic carbocycles. The summed E-state index contributed by atoms with van der Waals surface area (Å²) >= 11 is 0. The Balaban J connectivity index is 2.03. The molecule has 1 aromatic rings. The number of nitrogen functional groups attached to an aromatic ring is 1. The van der Waals surface area contributed by atoms with Crippen molar-refractivity contribution >= 4 is 11.5 Å². The van der Waals surface area contributed by atoms with Crippen LogP contribution < -0.4 is 11.1 Å². The highest BCUT2D eigenvalue weighted by atomic mass is 19.1. The summed E-state index contributed by atoms with van der Waals surface area (Å²) in [7, 11) is 0. The number of alkyl halides is 1. The number of aromatic nitrogens is 2. The molecule has 1 saturated carbocycles. The highest BCUT2D eigenvalue weighted by Crippen LogP contribution is 2.30. The fraction of sp³-hybridized carbons (Fsp3) is 0.600. The van der Waals surface area contributed by atoms with Crippen molar-refractivity contribution in [3.63, 3.8) is 0 Å². The number of rotatable bonds is 3. The van der Waals surface area contributed by atoms with Crippen LogP contribution in [0.5, 0.6) is 0 Å². The Kier molecular flexibility index (Phi) is 3.19. The van der Waals surface area contributed by atoms with Crippen LogP contribution in [0.2, 0.25) is 0 Å². The predicted molar refractivity (Wildman–Crippen MR) is 58.6 cm³/mol. The van der Waals surface area contributed by atoms with E-state index in [1.807, 2.05) is 0 Å². The molecule has 1 fully saturated rings. The van der Waals surface area contributed by atoms with E-state index in [0.29, 0.717) is 24.3 Å². The van der Waals surface area contributed by atoms with Gasteiger partial charge in [-0.3, -0.25) is 0 Å². The third-order valence-corrected chi connectivity index (χ3v) is 2.90. The van der Waals surface area contributed by atoms with Crippen molar-refractivity contribution in [3.8, 4) is 0 Å². The van der Waals surface area contributed by atoms with Crippen molar-refractivity contribution in [2.45, 2.75) is 25.1 Å². The van der Waals surface area contributed by atoms with E-state index in [-0.39, 0.29) is 18.6 Å². The third kappa shape index (κ3) is 2.21. The molecule has 6 heteroatoms. The second kappa shape index (κ2) is 4.61. The summed E-state index contributed by atoms with van der Waals surface area (Å²) in [6.07, 6.45) is 2.86. The van der Waals surface area contributed by atoms with Crippen molar-refractivity contribution in [2.75, 3.05) is 17.7 Å². The van der Waals surface area contributed by atoms with Gasteiger partial charge >= 0.3 is 0 Å². The van der Waals surface area contributed by atoms with E-state index in [1.165, 1.54) is 12.5 Å². The van der Waals surface area contributed by atoms with Crippen molar-refractivity contribution < 1.29 is 9.50 Å². The number of anilines is 2. The van der Waals surface area contributed by atoms with E-state index < -0.39 is 6.17 Å². The first-order valence-corrected chi connectivity index (χ1v) is 5.27. The zero-order chi connectivity index (χ0) is 11.5. The van der Waals surface area contributed by atoms with Crippen LogP contribution >= 0.6 is 0 Å². The van der Waals surface area contributed by atoms with Gasteiger partial charge < -0.3 is 16.2 Å². The molecule has 88 valence electrons. The molecule has 2 rings (SSSR count). The average molecular weight is 226 g/mol. The van der Waals surface area contributed by atoms with Gasteiger partial charge in [-0.1, -0.05) is 0 Å². The number of aliphatic hydroxyl groups excluding tert-OH is 1. The maximum Gasteiger partial charge on any atom is 0.152 e. The van der Waals surface area contributed by atoms with Gasteiger partial charge in [-0.05, 0) is 18.8 Å².